The van der Waals surface area contributed by atoms with Crippen LogP contribution in [0.5, 0.6) is 0 Å². The van der Waals surface area contributed by atoms with Crippen LogP contribution in [0.15, 0.2) is 24.3 Å². The molecule has 92 valence electrons. The minimum absolute atomic E-state index is 0.201. The van der Waals surface area contributed by atoms with E-state index in [0.29, 0.717) is 5.56 Å². The van der Waals surface area contributed by atoms with Crippen molar-refractivity contribution in [2.45, 2.75) is 25.1 Å². The molecule has 0 spiro atoms. The number of nitrogens with zero attached hydrogens (tertiary/aromatic N) is 1. The van der Waals surface area contributed by atoms with Crippen LogP contribution in [-0.4, -0.2) is 16.1 Å². The van der Waals surface area contributed by atoms with E-state index >= 15 is 0 Å². The van der Waals surface area contributed by atoms with Gasteiger partial charge in [0.1, 0.15) is 11.1 Å². The summed E-state index contributed by atoms with van der Waals surface area (Å²) in [7, 11) is 0. The standard InChI is InChI=1S/C11H12FNO3S/c1-7(13(15)16)11(17-8(2)14)9-3-5-10(12)6-4-9/h3-7,11H,1-2H3/t7-,11-/m1/s1. The summed E-state index contributed by atoms with van der Waals surface area (Å²) in [5, 5.41) is 9.97. The molecule has 0 bridgehead atoms. The van der Waals surface area contributed by atoms with E-state index < -0.39 is 22.0 Å². The van der Waals surface area contributed by atoms with E-state index in [-0.39, 0.29) is 5.12 Å². The molecule has 2 atom stereocenters. The first-order chi connectivity index (χ1) is 7.91. The summed E-state index contributed by atoms with van der Waals surface area (Å²) in [5.74, 6) is -0.408. The zero-order valence-corrected chi connectivity index (χ0v) is 10.2. The Morgan fingerprint density at radius 3 is 2.35 bits per heavy atom. The van der Waals surface area contributed by atoms with Crippen molar-refractivity contribution in [2.75, 3.05) is 0 Å². The molecule has 0 aromatic heterocycles. The molecular weight excluding hydrogens is 245 g/mol. The minimum Gasteiger partial charge on any atom is -0.288 e. The maximum atomic E-state index is 12.8. The van der Waals surface area contributed by atoms with Crippen molar-refractivity contribution in [3.8, 4) is 0 Å². The molecule has 0 amide bonds. The second-order valence-electron chi connectivity index (χ2n) is 3.61. The lowest BCUT2D eigenvalue weighted by Gasteiger charge is -2.16. The molecule has 0 fully saturated rings. The summed E-state index contributed by atoms with van der Waals surface area (Å²) in [5.41, 5.74) is 0.579. The highest BCUT2D eigenvalue weighted by Gasteiger charge is 2.30. The molecule has 6 heteroatoms. The number of thioether (sulfide) groups is 1. The SMILES string of the molecule is CC(=O)S[C@@H](c1ccc(F)cc1)[C@@H](C)[N+](=O)[O-]. The third kappa shape index (κ3) is 3.81. The highest BCUT2D eigenvalue weighted by molar-refractivity contribution is 8.13. The zero-order valence-electron chi connectivity index (χ0n) is 9.42. The van der Waals surface area contributed by atoms with E-state index in [4.69, 9.17) is 0 Å². The van der Waals surface area contributed by atoms with Gasteiger partial charge in [-0.1, -0.05) is 23.9 Å². The summed E-state index contributed by atoms with van der Waals surface area (Å²) in [6.07, 6.45) is 0. The van der Waals surface area contributed by atoms with Crippen molar-refractivity contribution < 1.29 is 14.1 Å². The number of carbonyl (C=O) groups is 1. The maximum Gasteiger partial charge on any atom is 0.226 e. The monoisotopic (exact) mass is 257 g/mol. The second kappa shape index (κ2) is 5.77. The van der Waals surface area contributed by atoms with E-state index in [1.54, 1.807) is 0 Å². The Morgan fingerprint density at radius 1 is 1.41 bits per heavy atom. The molecule has 0 aliphatic rings. The minimum atomic E-state index is -0.908. The van der Waals surface area contributed by atoms with E-state index in [1.807, 2.05) is 0 Å². The predicted molar refractivity (Wildman–Crippen MR) is 63.9 cm³/mol. The Labute approximate surface area is 102 Å². The number of hydrogen-bond donors (Lipinski definition) is 0. The molecule has 1 rings (SSSR count). The average Bonchev–Trinajstić information content (AvgIpc) is 2.26. The molecule has 0 aliphatic heterocycles. The van der Waals surface area contributed by atoms with Gasteiger partial charge < -0.3 is 0 Å². The Hall–Kier alpha value is -1.43. The average molecular weight is 257 g/mol. The molecule has 0 saturated heterocycles. The van der Waals surface area contributed by atoms with Crippen LogP contribution < -0.4 is 0 Å². The molecule has 0 N–H and O–H groups in total. The highest BCUT2D eigenvalue weighted by Crippen LogP contribution is 2.33. The van der Waals surface area contributed by atoms with Crippen molar-refractivity contribution in [2.24, 2.45) is 0 Å². The molecule has 0 saturated carbocycles. The molecule has 0 radical (unpaired) electrons. The molecular formula is C11H12FNO3S. The number of benzene rings is 1. The Morgan fingerprint density at radius 2 is 1.94 bits per heavy atom. The Kier molecular flexibility index (Phi) is 4.62. The van der Waals surface area contributed by atoms with Crippen LogP contribution >= 0.6 is 11.8 Å². The molecule has 0 heterocycles. The Balaban J connectivity index is 3.01. The first-order valence-corrected chi connectivity index (χ1v) is 5.86. The first-order valence-electron chi connectivity index (χ1n) is 4.98. The number of carbonyl (C=O) groups excluding carboxylic acids is 1. The molecule has 17 heavy (non-hydrogen) atoms. The predicted octanol–water partition coefficient (Wildman–Crippen LogP) is 2.81. The topological polar surface area (TPSA) is 60.2 Å². The van der Waals surface area contributed by atoms with Gasteiger partial charge in [-0.15, -0.1) is 0 Å². The second-order valence-corrected chi connectivity index (χ2v) is 4.93. The lowest BCUT2D eigenvalue weighted by Crippen LogP contribution is -2.23. The van der Waals surface area contributed by atoms with Gasteiger partial charge in [0.05, 0.1) is 0 Å². The van der Waals surface area contributed by atoms with Crippen LogP contribution in [0.3, 0.4) is 0 Å². The van der Waals surface area contributed by atoms with E-state index in [1.165, 1.54) is 38.1 Å². The Bertz CT molecular complexity index is 421. The fourth-order valence-corrected chi connectivity index (χ4v) is 2.33. The van der Waals surface area contributed by atoms with E-state index in [2.05, 4.69) is 0 Å². The summed E-state index contributed by atoms with van der Waals surface area (Å²) in [4.78, 5) is 21.4. The van der Waals surface area contributed by atoms with Crippen molar-refractivity contribution >= 4 is 16.9 Å². The fourth-order valence-electron chi connectivity index (χ4n) is 1.39. The first kappa shape index (κ1) is 13.6. The number of hydrogen-bond acceptors (Lipinski definition) is 4. The number of rotatable bonds is 4. The smallest absolute Gasteiger partial charge is 0.226 e. The normalized spacial score (nSPS) is 14.1. The number of nitro groups is 1. The van der Waals surface area contributed by atoms with Crippen LogP contribution in [-0.2, 0) is 4.79 Å². The van der Waals surface area contributed by atoms with Crippen LogP contribution in [0.2, 0.25) is 0 Å². The van der Waals surface area contributed by atoms with Crippen molar-refractivity contribution in [3.63, 3.8) is 0 Å². The quantitative estimate of drug-likeness (QED) is 0.614. The lowest BCUT2D eigenvalue weighted by molar-refractivity contribution is -0.518. The summed E-state index contributed by atoms with van der Waals surface area (Å²) < 4.78 is 12.8. The van der Waals surface area contributed by atoms with Crippen LogP contribution in [0.1, 0.15) is 24.7 Å². The fraction of sp³-hybridized carbons (Fsp3) is 0.364. The van der Waals surface area contributed by atoms with Crippen LogP contribution in [0, 0.1) is 15.9 Å². The molecule has 0 unspecified atom stereocenters. The van der Waals surface area contributed by atoms with Gasteiger partial charge in [0.25, 0.3) is 0 Å². The van der Waals surface area contributed by atoms with Crippen molar-refractivity contribution in [3.05, 3.63) is 45.8 Å². The zero-order chi connectivity index (χ0) is 13.0. The van der Waals surface area contributed by atoms with Crippen LogP contribution in [0.25, 0.3) is 0 Å². The van der Waals surface area contributed by atoms with Gasteiger partial charge in [-0.3, -0.25) is 14.9 Å². The van der Waals surface area contributed by atoms with E-state index in [9.17, 15) is 19.3 Å². The molecule has 1 aromatic carbocycles. The maximum absolute atomic E-state index is 12.8. The van der Waals surface area contributed by atoms with Gasteiger partial charge in [-0.2, -0.15) is 0 Å². The summed E-state index contributed by atoms with van der Waals surface area (Å²) in [6, 6.07) is 4.49. The number of halogens is 1. The largest absolute Gasteiger partial charge is 0.288 e. The van der Waals surface area contributed by atoms with Gasteiger partial charge in [0.2, 0.25) is 6.04 Å². The van der Waals surface area contributed by atoms with E-state index in [0.717, 1.165) is 11.8 Å². The molecule has 1 aromatic rings. The highest BCUT2D eigenvalue weighted by atomic mass is 32.2. The molecule has 0 aliphatic carbocycles. The van der Waals surface area contributed by atoms with Gasteiger partial charge in [-0.25, -0.2) is 4.39 Å². The summed E-state index contributed by atoms with van der Waals surface area (Å²) in [6.45, 7) is 2.79. The third-order valence-corrected chi connectivity index (χ3v) is 3.51. The van der Waals surface area contributed by atoms with Crippen LogP contribution in [0.4, 0.5) is 4.39 Å². The van der Waals surface area contributed by atoms with Gasteiger partial charge in [0.15, 0.2) is 5.12 Å². The molecule has 4 nitrogen and oxygen atoms in total. The van der Waals surface area contributed by atoms with Gasteiger partial charge in [-0.05, 0) is 17.7 Å². The third-order valence-electron chi connectivity index (χ3n) is 2.26. The summed E-state index contributed by atoms with van der Waals surface area (Å²) >= 11 is 0.892. The van der Waals surface area contributed by atoms with Gasteiger partial charge in [0, 0.05) is 18.8 Å². The van der Waals surface area contributed by atoms with Crippen molar-refractivity contribution in [1.29, 1.82) is 0 Å². The van der Waals surface area contributed by atoms with Crippen molar-refractivity contribution in [1.82, 2.24) is 0 Å². The van der Waals surface area contributed by atoms with Gasteiger partial charge >= 0.3 is 0 Å². The lowest BCUT2D eigenvalue weighted by atomic mass is 10.1.